The van der Waals surface area contributed by atoms with Crippen LogP contribution in [-0.2, 0) is 9.59 Å². The van der Waals surface area contributed by atoms with Gasteiger partial charge in [0.1, 0.15) is 11.9 Å². The van der Waals surface area contributed by atoms with E-state index in [2.05, 4.69) is 21.7 Å². The van der Waals surface area contributed by atoms with Gasteiger partial charge in [-0.05, 0) is 26.0 Å². The van der Waals surface area contributed by atoms with Crippen molar-refractivity contribution < 1.29 is 9.59 Å². The van der Waals surface area contributed by atoms with E-state index >= 15 is 0 Å². The summed E-state index contributed by atoms with van der Waals surface area (Å²) in [6.45, 7) is 5.25. The van der Waals surface area contributed by atoms with E-state index in [9.17, 15) is 9.59 Å². The van der Waals surface area contributed by atoms with Crippen LogP contribution in [0.4, 0.5) is 5.82 Å². The van der Waals surface area contributed by atoms with Crippen LogP contribution >= 0.6 is 0 Å². The van der Waals surface area contributed by atoms with Gasteiger partial charge in [-0.2, -0.15) is 5.26 Å². The predicted molar refractivity (Wildman–Crippen MR) is 85.4 cm³/mol. The Hall–Kier alpha value is -2.62. The molecule has 1 atom stereocenters. The van der Waals surface area contributed by atoms with E-state index in [-0.39, 0.29) is 30.2 Å². The smallest absolute Gasteiger partial charge is 0.225 e. The number of nitrogens with one attached hydrogen (secondary N) is 2. The molecule has 2 N–H and O–H groups in total. The minimum atomic E-state index is -0.283. The molecular weight excluding hydrogens is 294 g/mol. The first kappa shape index (κ1) is 16.7. The minimum absolute atomic E-state index is 0.0328. The van der Waals surface area contributed by atoms with Gasteiger partial charge in [-0.3, -0.25) is 9.59 Å². The largest absolute Gasteiger partial charge is 0.367 e. The number of amides is 2. The van der Waals surface area contributed by atoms with E-state index in [0.717, 1.165) is 0 Å². The number of hydrogen-bond acceptors (Lipinski definition) is 5. The topological polar surface area (TPSA) is 98.1 Å². The van der Waals surface area contributed by atoms with Crippen molar-refractivity contribution in [2.45, 2.75) is 26.3 Å². The van der Waals surface area contributed by atoms with Gasteiger partial charge in [0.15, 0.2) is 0 Å². The van der Waals surface area contributed by atoms with Crippen molar-refractivity contribution in [3.63, 3.8) is 0 Å². The third-order valence-corrected chi connectivity index (χ3v) is 3.80. The molecule has 7 heteroatoms. The second-order valence-corrected chi connectivity index (χ2v) is 5.77. The minimum Gasteiger partial charge on any atom is -0.367 e. The molecule has 0 spiro atoms. The van der Waals surface area contributed by atoms with Gasteiger partial charge in [0.2, 0.25) is 11.8 Å². The summed E-state index contributed by atoms with van der Waals surface area (Å²) in [5.41, 5.74) is 0.466. The summed E-state index contributed by atoms with van der Waals surface area (Å²) >= 11 is 0. The monoisotopic (exact) mass is 315 g/mol. The highest BCUT2D eigenvalue weighted by Crippen LogP contribution is 2.20. The molecular formula is C16H21N5O2. The van der Waals surface area contributed by atoms with E-state index in [0.29, 0.717) is 31.0 Å². The van der Waals surface area contributed by atoms with Crippen LogP contribution in [0.25, 0.3) is 0 Å². The lowest BCUT2D eigenvalue weighted by Crippen LogP contribution is -2.37. The van der Waals surface area contributed by atoms with Gasteiger partial charge in [-0.1, -0.05) is 0 Å². The number of nitrogens with zero attached hydrogens (tertiary/aromatic N) is 3. The lowest BCUT2D eigenvalue weighted by Gasteiger charge is -2.20. The molecule has 0 aliphatic carbocycles. The Kier molecular flexibility index (Phi) is 5.52. The van der Waals surface area contributed by atoms with Crippen LogP contribution in [0.5, 0.6) is 0 Å². The van der Waals surface area contributed by atoms with Crippen LogP contribution in [0.15, 0.2) is 18.3 Å². The zero-order valence-corrected chi connectivity index (χ0v) is 13.4. The molecule has 1 aromatic rings. The Bertz CT molecular complexity index is 623. The molecule has 23 heavy (non-hydrogen) atoms. The highest BCUT2D eigenvalue weighted by atomic mass is 16.2. The summed E-state index contributed by atoms with van der Waals surface area (Å²) in [5.74, 6) is 0.149. The summed E-state index contributed by atoms with van der Waals surface area (Å²) in [7, 11) is 0. The summed E-state index contributed by atoms with van der Waals surface area (Å²) in [6, 6.07) is 5.55. The van der Waals surface area contributed by atoms with Crippen LogP contribution in [0, 0.1) is 17.2 Å². The first-order chi connectivity index (χ1) is 11.0. The molecule has 7 nitrogen and oxygen atoms in total. The van der Waals surface area contributed by atoms with Crippen LogP contribution in [0.3, 0.4) is 0 Å². The number of nitriles is 1. The second-order valence-electron chi connectivity index (χ2n) is 5.77. The molecule has 1 aliphatic rings. The van der Waals surface area contributed by atoms with E-state index in [4.69, 9.17) is 5.26 Å². The van der Waals surface area contributed by atoms with Crippen LogP contribution in [0.2, 0.25) is 0 Å². The van der Waals surface area contributed by atoms with Crippen LogP contribution in [-0.4, -0.2) is 47.4 Å². The van der Waals surface area contributed by atoms with Gasteiger partial charge in [-0.15, -0.1) is 0 Å². The van der Waals surface area contributed by atoms with Crippen molar-refractivity contribution >= 4 is 17.6 Å². The maximum Gasteiger partial charge on any atom is 0.225 e. The zero-order valence-electron chi connectivity index (χ0n) is 13.4. The van der Waals surface area contributed by atoms with Gasteiger partial charge in [0.05, 0.1) is 11.5 Å². The quantitative estimate of drug-likeness (QED) is 0.754. The lowest BCUT2D eigenvalue weighted by atomic mass is 10.1. The van der Waals surface area contributed by atoms with Crippen molar-refractivity contribution in [3.05, 3.63) is 23.9 Å². The zero-order chi connectivity index (χ0) is 16.8. The maximum atomic E-state index is 12.1. The Morgan fingerprint density at radius 1 is 1.52 bits per heavy atom. The average molecular weight is 315 g/mol. The van der Waals surface area contributed by atoms with Crippen molar-refractivity contribution in [1.82, 2.24) is 15.2 Å². The highest BCUT2D eigenvalue weighted by molar-refractivity contribution is 5.89. The summed E-state index contributed by atoms with van der Waals surface area (Å²) < 4.78 is 0. The van der Waals surface area contributed by atoms with E-state index < -0.39 is 0 Å². The van der Waals surface area contributed by atoms with Gasteiger partial charge in [0.25, 0.3) is 0 Å². The van der Waals surface area contributed by atoms with Gasteiger partial charge < -0.3 is 15.5 Å². The first-order valence-corrected chi connectivity index (χ1v) is 7.69. The molecule has 1 saturated heterocycles. The predicted octanol–water partition coefficient (Wildman–Crippen LogP) is 0.738. The molecule has 0 bridgehead atoms. The molecule has 0 aromatic carbocycles. The first-order valence-electron chi connectivity index (χ1n) is 7.69. The number of pyridine rings is 1. The number of carbonyl (C=O) groups is 2. The molecule has 0 saturated carbocycles. The maximum absolute atomic E-state index is 12.1. The Labute approximate surface area is 135 Å². The van der Waals surface area contributed by atoms with Gasteiger partial charge >= 0.3 is 0 Å². The molecule has 2 heterocycles. The Morgan fingerprint density at radius 3 is 2.96 bits per heavy atom. The molecule has 1 aliphatic heterocycles. The Morgan fingerprint density at radius 2 is 2.30 bits per heavy atom. The van der Waals surface area contributed by atoms with Crippen molar-refractivity contribution in [1.29, 1.82) is 5.26 Å². The molecule has 2 rings (SSSR count). The number of hydrogen-bond donors (Lipinski definition) is 2. The van der Waals surface area contributed by atoms with Crippen LogP contribution < -0.4 is 10.6 Å². The fraction of sp³-hybridized carbons (Fsp3) is 0.500. The van der Waals surface area contributed by atoms with Gasteiger partial charge in [0, 0.05) is 38.3 Å². The summed E-state index contributed by atoms with van der Waals surface area (Å²) in [6.07, 6.45) is 1.88. The standard InChI is InChI=1S/C16H21N5O2/c1-11(2)21-10-13(8-14(21)22)16(23)20-7-6-19-15-12(9-17)4-3-5-18-15/h3-5,11,13H,6-8,10H2,1-2H3,(H,18,19)(H,20,23). The lowest BCUT2D eigenvalue weighted by molar-refractivity contribution is -0.129. The molecule has 122 valence electrons. The summed E-state index contributed by atoms with van der Waals surface area (Å²) in [4.78, 5) is 29.7. The van der Waals surface area contributed by atoms with Crippen molar-refractivity contribution in [2.24, 2.45) is 5.92 Å². The number of carbonyl (C=O) groups excluding carboxylic acids is 2. The Balaban J connectivity index is 1.76. The molecule has 1 unspecified atom stereocenters. The average Bonchev–Trinajstić information content (AvgIpc) is 2.94. The third-order valence-electron chi connectivity index (χ3n) is 3.80. The molecule has 1 aromatic heterocycles. The fourth-order valence-corrected chi connectivity index (χ4v) is 2.55. The highest BCUT2D eigenvalue weighted by Gasteiger charge is 2.35. The van der Waals surface area contributed by atoms with E-state index in [1.807, 2.05) is 13.8 Å². The van der Waals surface area contributed by atoms with Crippen molar-refractivity contribution in [2.75, 3.05) is 25.0 Å². The number of likely N-dealkylation sites (tertiary alicyclic amines) is 1. The third kappa shape index (κ3) is 4.19. The summed E-state index contributed by atoms with van der Waals surface area (Å²) in [5, 5.41) is 14.8. The van der Waals surface area contributed by atoms with Crippen LogP contribution in [0.1, 0.15) is 25.8 Å². The van der Waals surface area contributed by atoms with E-state index in [1.165, 1.54) is 0 Å². The van der Waals surface area contributed by atoms with Crippen molar-refractivity contribution in [3.8, 4) is 6.07 Å². The fourth-order valence-electron chi connectivity index (χ4n) is 2.55. The number of anilines is 1. The SMILES string of the molecule is CC(C)N1CC(C(=O)NCCNc2ncccc2C#N)CC1=O. The van der Waals surface area contributed by atoms with E-state index in [1.54, 1.807) is 23.2 Å². The van der Waals surface area contributed by atoms with Gasteiger partial charge in [-0.25, -0.2) is 4.98 Å². The number of aromatic nitrogens is 1. The molecule has 0 radical (unpaired) electrons. The normalized spacial score (nSPS) is 17.2. The molecule has 2 amide bonds. The number of rotatable bonds is 6. The second kappa shape index (κ2) is 7.58. The molecule has 1 fully saturated rings.